The van der Waals surface area contributed by atoms with Gasteiger partial charge in [0.1, 0.15) is 11.3 Å². The van der Waals surface area contributed by atoms with E-state index in [0.717, 1.165) is 68.5 Å². The summed E-state index contributed by atoms with van der Waals surface area (Å²) in [6.45, 7) is 0. The van der Waals surface area contributed by atoms with Gasteiger partial charge in [0, 0.05) is 39.6 Å². The van der Waals surface area contributed by atoms with Gasteiger partial charge in [-0.3, -0.25) is 0 Å². The van der Waals surface area contributed by atoms with Crippen LogP contribution in [0.4, 0.5) is 0 Å². The van der Waals surface area contributed by atoms with Crippen LogP contribution in [0.25, 0.3) is 83.1 Å². The lowest BCUT2D eigenvalue weighted by Gasteiger charge is -2.15. The van der Waals surface area contributed by atoms with Crippen LogP contribution in [0.5, 0.6) is 0 Å². The fourth-order valence-corrected chi connectivity index (χ4v) is 7.60. The van der Waals surface area contributed by atoms with Crippen LogP contribution in [-0.4, -0.2) is 15.0 Å². The average Bonchev–Trinajstić information content (AvgIpc) is 3.59. The molecular weight excluding hydrogens is 623 g/mol. The van der Waals surface area contributed by atoms with Crippen LogP contribution in [0, 0.1) is 0 Å². The molecule has 2 aromatic heterocycles. The van der Waals surface area contributed by atoms with Crippen molar-refractivity contribution in [2.75, 3.05) is 0 Å². The van der Waals surface area contributed by atoms with Gasteiger partial charge in [0.2, 0.25) is 0 Å². The zero-order valence-electron chi connectivity index (χ0n) is 27.8. The third-order valence-corrected chi connectivity index (χ3v) is 9.97. The Morgan fingerprint density at radius 2 is 0.980 bits per heavy atom. The topological polar surface area (TPSA) is 51.8 Å². The van der Waals surface area contributed by atoms with E-state index in [2.05, 4.69) is 127 Å². The molecule has 0 radical (unpaired) electrons. The summed E-state index contributed by atoms with van der Waals surface area (Å²) in [5, 5.41) is 5.88. The van der Waals surface area contributed by atoms with E-state index in [1.807, 2.05) is 36.4 Å². The first-order valence-corrected chi connectivity index (χ1v) is 17.4. The van der Waals surface area contributed by atoms with Crippen LogP contribution in [0.1, 0.15) is 23.6 Å². The van der Waals surface area contributed by atoms with E-state index in [1.54, 1.807) is 0 Å². The molecule has 0 fully saturated rings. The van der Waals surface area contributed by atoms with Crippen molar-refractivity contribution in [3.63, 3.8) is 0 Å². The van der Waals surface area contributed by atoms with Crippen LogP contribution in [-0.2, 0) is 6.42 Å². The van der Waals surface area contributed by atoms with Gasteiger partial charge in [0.25, 0.3) is 0 Å². The molecule has 0 bridgehead atoms. The summed E-state index contributed by atoms with van der Waals surface area (Å²) in [6.07, 6.45) is 3.90. The summed E-state index contributed by atoms with van der Waals surface area (Å²) in [7, 11) is 0. The summed E-state index contributed by atoms with van der Waals surface area (Å²) >= 11 is 0. The maximum Gasteiger partial charge on any atom is 0.164 e. The van der Waals surface area contributed by atoms with Gasteiger partial charge in [-0.05, 0) is 56.8 Å². The van der Waals surface area contributed by atoms with Crippen molar-refractivity contribution in [2.45, 2.75) is 12.8 Å². The lowest BCUT2D eigenvalue weighted by molar-refractivity contribution is 0.546. The van der Waals surface area contributed by atoms with Gasteiger partial charge in [-0.2, -0.15) is 0 Å². The van der Waals surface area contributed by atoms with Crippen molar-refractivity contribution in [1.82, 2.24) is 15.0 Å². The number of nitrogens with zero attached hydrogens (tertiary/aromatic N) is 3. The second-order valence-electron chi connectivity index (χ2n) is 13.0. The Morgan fingerprint density at radius 1 is 0.431 bits per heavy atom. The number of aromatic nitrogens is 3. The molecule has 51 heavy (non-hydrogen) atoms. The average molecular weight is 654 g/mol. The fourth-order valence-electron chi connectivity index (χ4n) is 7.60. The van der Waals surface area contributed by atoms with E-state index in [-0.39, 0.29) is 0 Å². The minimum Gasteiger partial charge on any atom is -0.460 e. The summed E-state index contributed by atoms with van der Waals surface area (Å²) < 4.78 is 6.97. The Kier molecular flexibility index (Phi) is 6.91. The lowest BCUT2D eigenvalue weighted by Crippen LogP contribution is -2.06. The standard InChI is InChI=1S/C47H31N3O/c1-3-16-32(17-4-1)45-48-46(33-18-5-2-6-19-33)50-47(49-45)39-26-13-27-42-43(39)41-29-34(37-24-11-20-30-14-7-9-22-35(30)37)28-40(44(41)51-42)38-25-12-21-31-15-8-10-23-36(31)38/h1-12,14-26,28-29H,13,27H2. The van der Waals surface area contributed by atoms with E-state index in [4.69, 9.17) is 19.4 Å². The van der Waals surface area contributed by atoms with Crippen molar-refractivity contribution in [2.24, 2.45) is 0 Å². The number of hydrogen-bond donors (Lipinski definition) is 0. The number of furan rings is 1. The Balaban J connectivity index is 1.26. The highest BCUT2D eigenvalue weighted by molar-refractivity contribution is 6.10. The van der Waals surface area contributed by atoms with Crippen molar-refractivity contribution in [3.8, 4) is 45.0 Å². The van der Waals surface area contributed by atoms with E-state index >= 15 is 0 Å². The largest absolute Gasteiger partial charge is 0.460 e. The molecule has 9 aromatic rings. The summed E-state index contributed by atoms with van der Waals surface area (Å²) in [5.74, 6) is 2.90. The zero-order chi connectivity index (χ0) is 33.7. The first-order chi connectivity index (χ1) is 25.3. The number of fused-ring (bicyclic) bond motifs is 5. The molecule has 0 atom stereocenters. The van der Waals surface area contributed by atoms with Crippen LogP contribution in [0.2, 0.25) is 0 Å². The normalized spacial score (nSPS) is 12.7. The lowest BCUT2D eigenvalue weighted by atomic mass is 9.88. The number of hydrogen-bond acceptors (Lipinski definition) is 4. The molecule has 1 aliphatic carbocycles. The quantitative estimate of drug-likeness (QED) is 0.185. The molecule has 1 aliphatic rings. The molecule has 0 saturated heterocycles. The fraction of sp³-hybridized carbons (Fsp3) is 0.0426. The Morgan fingerprint density at radius 3 is 1.65 bits per heavy atom. The van der Waals surface area contributed by atoms with Crippen molar-refractivity contribution < 1.29 is 4.42 Å². The summed E-state index contributed by atoms with van der Waals surface area (Å²) in [6, 6.07) is 55.2. The van der Waals surface area contributed by atoms with Gasteiger partial charge in [-0.1, -0.05) is 152 Å². The van der Waals surface area contributed by atoms with Gasteiger partial charge in [-0.25, -0.2) is 15.0 Å². The molecule has 240 valence electrons. The van der Waals surface area contributed by atoms with Gasteiger partial charge in [0.05, 0.1) is 0 Å². The van der Waals surface area contributed by atoms with Crippen LogP contribution >= 0.6 is 0 Å². The van der Waals surface area contributed by atoms with Gasteiger partial charge in [-0.15, -0.1) is 0 Å². The van der Waals surface area contributed by atoms with Gasteiger partial charge in [0.15, 0.2) is 17.5 Å². The van der Waals surface area contributed by atoms with Gasteiger partial charge >= 0.3 is 0 Å². The highest BCUT2D eigenvalue weighted by Crippen LogP contribution is 2.46. The monoisotopic (exact) mass is 653 g/mol. The second-order valence-corrected chi connectivity index (χ2v) is 13.0. The SMILES string of the molecule is C1=C(c2nc(-c3ccccc3)nc(-c3ccccc3)n2)c2c(oc3c(-c4cccc5ccccc45)cc(-c4cccc5ccccc45)cc23)CC1. The maximum atomic E-state index is 6.97. The first kappa shape index (κ1) is 29.3. The van der Waals surface area contributed by atoms with E-state index in [9.17, 15) is 0 Å². The van der Waals surface area contributed by atoms with E-state index < -0.39 is 0 Å². The molecule has 0 spiro atoms. The molecule has 0 amide bonds. The minimum atomic E-state index is 0.646. The molecule has 0 aliphatic heterocycles. The molecule has 10 rings (SSSR count). The number of rotatable bonds is 5. The number of benzene rings is 7. The smallest absolute Gasteiger partial charge is 0.164 e. The van der Waals surface area contributed by atoms with Crippen LogP contribution in [0.3, 0.4) is 0 Å². The third kappa shape index (κ3) is 5.03. The summed E-state index contributed by atoms with van der Waals surface area (Å²) in [5.41, 5.74) is 9.36. The Hall–Kier alpha value is -6.65. The molecule has 0 unspecified atom stereocenters. The Labute approximate surface area is 295 Å². The van der Waals surface area contributed by atoms with E-state index in [0.29, 0.717) is 17.5 Å². The third-order valence-electron chi connectivity index (χ3n) is 9.97. The van der Waals surface area contributed by atoms with Crippen molar-refractivity contribution in [3.05, 3.63) is 181 Å². The molecule has 0 saturated carbocycles. The van der Waals surface area contributed by atoms with E-state index in [1.165, 1.54) is 27.1 Å². The predicted molar refractivity (Wildman–Crippen MR) is 208 cm³/mol. The van der Waals surface area contributed by atoms with Crippen LogP contribution < -0.4 is 0 Å². The Bertz CT molecular complexity index is 2730. The molecular formula is C47H31N3O. The number of allylic oxidation sites excluding steroid dienone is 1. The zero-order valence-corrected chi connectivity index (χ0v) is 27.8. The molecule has 4 nitrogen and oxygen atoms in total. The second kappa shape index (κ2) is 12.0. The molecule has 7 aromatic carbocycles. The highest BCUT2D eigenvalue weighted by atomic mass is 16.3. The molecule has 0 N–H and O–H groups in total. The molecule has 2 heterocycles. The minimum absolute atomic E-state index is 0.646. The first-order valence-electron chi connectivity index (χ1n) is 17.4. The highest BCUT2D eigenvalue weighted by Gasteiger charge is 2.27. The van der Waals surface area contributed by atoms with Gasteiger partial charge < -0.3 is 4.42 Å². The maximum absolute atomic E-state index is 6.97. The summed E-state index contributed by atoms with van der Waals surface area (Å²) in [4.78, 5) is 15.3. The van der Waals surface area contributed by atoms with Crippen molar-refractivity contribution in [1.29, 1.82) is 0 Å². The number of aryl methyl sites for hydroxylation is 1. The van der Waals surface area contributed by atoms with Crippen molar-refractivity contribution >= 4 is 38.1 Å². The molecule has 4 heteroatoms. The van der Waals surface area contributed by atoms with Crippen LogP contribution in [0.15, 0.2) is 168 Å². The predicted octanol–water partition coefficient (Wildman–Crippen LogP) is 12.0.